The van der Waals surface area contributed by atoms with Crippen LogP contribution in [0.5, 0.6) is 0 Å². The van der Waals surface area contributed by atoms with Crippen molar-refractivity contribution in [3.63, 3.8) is 0 Å². The normalized spacial score (nSPS) is 10.7. The van der Waals surface area contributed by atoms with E-state index in [1.807, 2.05) is 42.1 Å². The van der Waals surface area contributed by atoms with E-state index < -0.39 is 0 Å². The van der Waals surface area contributed by atoms with Gasteiger partial charge in [0.1, 0.15) is 0 Å². The number of fused-ring (bicyclic) bond motifs is 1. The first-order valence-corrected chi connectivity index (χ1v) is 5.63. The second-order valence-electron chi connectivity index (χ2n) is 4.07. The van der Waals surface area contributed by atoms with Crippen LogP contribution in [0.3, 0.4) is 0 Å². The molecule has 0 aliphatic rings. The number of benzene rings is 1. The van der Waals surface area contributed by atoms with E-state index in [0.29, 0.717) is 5.56 Å². The molecule has 0 atom stereocenters. The molecule has 2 aromatic heterocycles. The fourth-order valence-corrected chi connectivity index (χ4v) is 2.06. The van der Waals surface area contributed by atoms with Gasteiger partial charge in [-0.3, -0.25) is 4.79 Å². The number of aryl methyl sites for hydroxylation is 1. The first-order chi connectivity index (χ1) is 8.77. The van der Waals surface area contributed by atoms with Crippen LogP contribution < -0.4 is 0 Å². The molecule has 88 valence electrons. The topological polar surface area (TPSA) is 47.8 Å². The van der Waals surface area contributed by atoms with Crippen molar-refractivity contribution in [2.75, 3.05) is 0 Å². The monoisotopic (exact) mass is 237 g/mol. The van der Waals surface area contributed by atoms with E-state index in [4.69, 9.17) is 0 Å². The van der Waals surface area contributed by atoms with Crippen LogP contribution in [0.4, 0.5) is 0 Å². The highest BCUT2D eigenvalue weighted by molar-refractivity contribution is 6.14. The van der Waals surface area contributed by atoms with Gasteiger partial charge in [0.15, 0.2) is 0 Å². The summed E-state index contributed by atoms with van der Waals surface area (Å²) >= 11 is 0. The van der Waals surface area contributed by atoms with Crippen molar-refractivity contribution in [2.24, 2.45) is 7.05 Å². The zero-order valence-corrected chi connectivity index (χ0v) is 9.87. The zero-order valence-electron chi connectivity index (χ0n) is 9.87. The van der Waals surface area contributed by atoms with Gasteiger partial charge in [0.25, 0.3) is 0 Å². The first-order valence-electron chi connectivity index (χ1n) is 5.63. The Morgan fingerprint density at radius 1 is 1.11 bits per heavy atom. The summed E-state index contributed by atoms with van der Waals surface area (Å²) in [6, 6.07) is 9.49. The molecule has 0 saturated carbocycles. The van der Waals surface area contributed by atoms with E-state index in [1.165, 1.54) is 0 Å². The average Bonchev–Trinajstić information content (AvgIpc) is 2.77. The van der Waals surface area contributed by atoms with Gasteiger partial charge in [-0.1, -0.05) is 18.2 Å². The fourth-order valence-electron chi connectivity index (χ4n) is 2.06. The molecule has 3 rings (SSSR count). The number of hydrogen-bond donors (Lipinski definition) is 0. The van der Waals surface area contributed by atoms with Crippen LogP contribution in [0, 0.1) is 0 Å². The van der Waals surface area contributed by atoms with Crippen LogP contribution >= 0.6 is 0 Å². The Hall–Kier alpha value is -2.49. The van der Waals surface area contributed by atoms with E-state index >= 15 is 0 Å². The third-order valence-electron chi connectivity index (χ3n) is 2.91. The van der Waals surface area contributed by atoms with Crippen molar-refractivity contribution in [3.8, 4) is 0 Å². The van der Waals surface area contributed by atoms with Gasteiger partial charge in [0.05, 0.1) is 5.56 Å². The fraction of sp³-hybridized carbons (Fsp3) is 0.0714. The number of ketones is 1. The maximum atomic E-state index is 12.3. The van der Waals surface area contributed by atoms with Gasteiger partial charge in [-0.05, 0) is 12.1 Å². The van der Waals surface area contributed by atoms with Gasteiger partial charge < -0.3 is 4.57 Å². The number of para-hydroxylation sites is 1. The van der Waals surface area contributed by atoms with Crippen molar-refractivity contribution in [1.82, 2.24) is 14.5 Å². The van der Waals surface area contributed by atoms with Gasteiger partial charge in [0, 0.05) is 36.5 Å². The summed E-state index contributed by atoms with van der Waals surface area (Å²) in [5.74, 6) is 0.0845. The molecule has 4 nitrogen and oxygen atoms in total. The second kappa shape index (κ2) is 4.07. The number of nitrogens with zero attached hydrogens (tertiary/aromatic N) is 3. The van der Waals surface area contributed by atoms with Crippen LogP contribution in [0.1, 0.15) is 16.2 Å². The Balaban J connectivity index is 2.19. The van der Waals surface area contributed by atoms with Crippen molar-refractivity contribution in [1.29, 1.82) is 0 Å². The predicted octanol–water partition coefficient (Wildman–Crippen LogP) is 2.20. The minimum absolute atomic E-state index is 0.146. The largest absolute Gasteiger partial charge is 0.350 e. The molecular weight excluding hydrogens is 226 g/mol. The van der Waals surface area contributed by atoms with Crippen LogP contribution in [0.25, 0.3) is 10.9 Å². The smallest absolute Gasteiger partial charge is 0.232 e. The van der Waals surface area contributed by atoms with Crippen LogP contribution in [0.15, 0.2) is 48.9 Å². The van der Waals surface area contributed by atoms with Gasteiger partial charge in [0.2, 0.25) is 11.6 Å². The van der Waals surface area contributed by atoms with E-state index in [-0.39, 0.29) is 11.6 Å². The Morgan fingerprint density at radius 3 is 2.61 bits per heavy atom. The van der Waals surface area contributed by atoms with E-state index in [1.54, 1.807) is 18.5 Å². The van der Waals surface area contributed by atoms with Crippen LogP contribution in [0.2, 0.25) is 0 Å². The molecule has 3 aromatic rings. The summed E-state index contributed by atoms with van der Waals surface area (Å²) in [5.41, 5.74) is 1.66. The number of hydrogen-bond acceptors (Lipinski definition) is 3. The molecule has 0 bridgehead atoms. The standard InChI is InChI=1S/C14H11N3O/c1-17-9-11(10-5-2-3-6-12(10)17)13(18)14-15-7-4-8-16-14/h2-9H,1H3. The van der Waals surface area contributed by atoms with E-state index in [9.17, 15) is 4.79 Å². The van der Waals surface area contributed by atoms with Crippen molar-refractivity contribution in [3.05, 3.63) is 60.3 Å². The van der Waals surface area contributed by atoms with Gasteiger partial charge in [-0.15, -0.1) is 0 Å². The number of aromatic nitrogens is 3. The Kier molecular flexibility index (Phi) is 2.41. The quantitative estimate of drug-likeness (QED) is 0.642. The van der Waals surface area contributed by atoms with Crippen molar-refractivity contribution < 1.29 is 4.79 Å². The third kappa shape index (κ3) is 1.59. The lowest BCUT2D eigenvalue weighted by Gasteiger charge is -1.96. The van der Waals surface area contributed by atoms with Crippen LogP contribution in [-0.2, 0) is 7.05 Å². The molecule has 18 heavy (non-hydrogen) atoms. The van der Waals surface area contributed by atoms with Gasteiger partial charge in [-0.2, -0.15) is 0 Å². The summed E-state index contributed by atoms with van der Waals surface area (Å²) < 4.78 is 1.94. The third-order valence-corrected chi connectivity index (χ3v) is 2.91. The summed E-state index contributed by atoms with van der Waals surface area (Å²) in [5, 5.41) is 0.928. The summed E-state index contributed by atoms with van der Waals surface area (Å²) in [7, 11) is 1.92. The molecule has 0 aliphatic carbocycles. The summed E-state index contributed by atoms with van der Waals surface area (Å²) in [4.78, 5) is 20.3. The minimum Gasteiger partial charge on any atom is -0.350 e. The van der Waals surface area contributed by atoms with Crippen molar-refractivity contribution in [2.45, 2.75) is 0 Å². The summed E-state index contributed by atoms with van der Waals surface area (Å²) in [6.45, 7) is 0. The Labute approximate surface area is 104 Å². The molecule has 0 aliphatic heterocycles. The van der Waals surface area contributed by atoms with Gasteiger partial charge in [-0.25, -0.2) is 9.97 Å². The molecule has 0 unspecified atom stereocenters. The highest BCUT2D eigenvalue weighted by atomic mass is 16.1. The maximum Gasteiger partial charge on any atom is 0.232 e. The number of rotatable bonds is 2. The maximum absolute atomic E-state index is 12.3. The Bertz CT molecular complexity index is 716. The molecule has 0 spiro atoms. The highest BCUT2D eigenvalue weighted by Gasteiger charge is 2.17. The lowest BCUT2D eigenvalue weighted by atomic mass is 10.1. The number of carbonyl (C=O) groups is 1. The summed E-state index contributed by atoms with van der Waals surface area (Å²) in [6.07, 6.45) is 4.97. The molecular formula is C14H11N3O. The molecule has 0 radical (unpaired) electrons. The molecule has 0 N–H and O–H groups in total. The molecule has 4 heteroatoms. The highest BCUT2D eigenvalue weighted by Crippen LogP contribution is 2.21. The average molecular weight is 237 g/mol. The SMILES string of the molecule is Cn1cc(C(=O)c2ncccn2)c2ccccc21. The number of carbonyl (C=O) groups excluding carboxylic acids is 1. The Morgan fingerprint density at radius 2 is 1.83 bits per heavy atom. The van der Waals surface area contributed by atoms with E-state index in [2.05, 4.69) is 9.97 Å². The van der Waals surface area contributed by atoms with E-state index in [0.717, 1.165) is 10.9 Å². The lowest BCUT2D eigenvalue weighted by molar-refractivity contribution is 0.103. The molecule has 2 heterocycles. The molecule has 0 amide bonds. The molecule has 0 fully saturated rings. The zero-order chi connectivity index (χ0) is 12.5. The molecule has 0 saturated heterocycles. The van der Waals surface area contributed by atoms with Crippen molar-refractivity contribution >= 4 is 16.7 Å². The first kappa shape index (κ1) is 10.7. The molecule has 1 aromatic carbocycles. The van der Waals surface area contributed by atoms with Gasteiger partial charge >= 0.3 is 0 Å². The minimum atomic E-state index is -0.146. The second-order valence-corrected chi connectivity index (χ2v) is 4.07. The predicted molar refractivity (Wildman–Crippen MR) is 68.4 cm³/mol. The van der Waals surface area contributed by atoms with Crippen LogP contribution in [-0.4, -0.2) is 20.3 Å². The lowest BCUT2D eigenvalue weighted by Crippen LogP contribution is -2.05.